The van der Waals surface area contributed by atoms with Crippen molar-refractivity contribution in [3.05, 3.63) is 53.0 Å². The molecule has 1 saturated heterocycles. The number of halogens is 1. The molecule has 1 aliphatic heterocycles. The lowest BCUT2D eigenvalue weighted by molar-refractivity contribution is -0.114. The van der Waals surface area contributed by atoms with Crippen LogP contribution in [0.15, 0.2) is 53.0 Å². The molecule has 8 heteroatoms. The van der Waals surface area contributed by atoms with E-state index in [1.165, 1.54) is 11.8 Å². The van der Waals surface area contributed by atoms with Gasteiger partial charge in [0.15, 0.2) is 0 Å². The number of hydrogen-bond acceptors (Lipinski definition) is 5. The van der Waals surface area contributed by atoms with E-state index in [9.17, 15) is 9.59 Å². The van der Waals surface area contributed by atoms with Gasteiger partial charge in [-0.15, -0.1) is 11.8 Å². The molecule has 0 bridgehead atoms. The van der Waals surface area contributed by atoms with Gasteiger partial charge >= 0.3 is 0 Å². The van der Waals surface area contributed by atoms with E-state index in [2.05, 4.69) is 26.6 Å². The van der Waals surface area contributed by atoms with Gasteiger partial charge in [-0.05, 0) is 55.3 Å². The molecule has 1 atom stereocenters. The van der Waals surface area contributed by atoms with E-state index in [4.69, 9.17) is 9.47 Å². The number of hydrogen-bond donors (Lipinski definition) is 2. The van der Waals surface area contributed by atoms with Crippen molar-refractivity contribution >= 4 is 50.9 Å². The van der Waals surface area contributed by atoms with Gasteiger partial charge in [-0.2, -0.15) is 0 Å². The van der Waals surface area contributed by atoms with Gasteiger partial charge in [0.2, 0.25) is 11.8 Å². The van der Waals surface area contributed by atoms with Gasteiger partial charge in [-0.25, -0.2) is 0 Å². The SMILES string of the molecule is O=C(CSCC(=O)Nc1cccc(Br)c1)Nc1ccc(OCC2CCCO2)cc1. The van der Waals surface area contributed by atoms with Crippen LogP contribution in [-0.2, 0) is 14.3 Å². The highest BCUT2D eigenvalue weighted by Crippen LogP contribution is 2.19. The Balaban J connectivity index is 1.34. The van der Waals surface area contributed by atoms with E-state index in [-0.39, 0.29) is 29.4 Å². The zero-order valence-corrected chi connectivity index (χ0v) is 18.3. The van der Waals surface area contributed by atoms with E-state index in [1.807, 2.05) is 36.4 Å². The van der Waals surface area contributed by atoms with Gasteiger partial charge in [0, 0.05) is 22.5 Å². The van der Waals surface area contributed by atoms with Crippen LogP contribution in [0.1, 0.15) is 12.8 Å². The molecule has 1 aliphatic rings. The fourth-order valence-corrected chi connectivity index (χ4v) is 3.81. The second-order valence-electron chi connectivity index (χ2n) is 6.57. The van der Waals surface area contributed by atoms with Crippen LogP contribution >= 0.6 is 27.7 Å². The third-order valence-corrected chi connectivity index (χ3v) is 5.60. The summed E-state index contributed by atoms with van der Waals surface area (Å²) in [5, 5.41) is 5.62. The molecule has 154 valence electrons. The van der Waals surface area contributed by atoms with Crippen LogP contribution in [0.5, 0.6) is 5.75 Å². The zero-order valence-electron chi connectivity index (χ0n) is 15.9. The number of thioether (sulfide) groups is 1. The van der Waals surface area contributed by atoms with Crippen LogP contribution in [0.2, 0.25) is 0 Å². The van der Waals surface area contributed by atoms with Crippen molar-refractivity contribution in [1.82, 2.24) is 0 Å². The number of anilines is 2. The van der Waals surface area contributed by atoms with Crippen LogP contribution in [0.4, 0.5) is 11.4 Å². The molecule has 1 heterocycles. The van der Waals surface area contributed by atoms with Gasteiger partial charge in [-0.3, -0.25) is 9.59 Å². The predicted molar refractivity (Wildman–Crippen MR) is 120 cm³/mol. The maximum absolute atomic E-state index is 12.1. The molecule has 0 aromatic heterocycles. The number of benzene rings is 2. The molecule has 2 N–H and O–H groups in total. The number of ether oxygens (including phenoxy) is 2. The minimum atomic E-state index is -0.154. The highest BCUT2D eigenvalue weighted by Gasteiger charge is 2.16. The van der Waals surface area contributed by atoms with Crippen LogP contribution in [0, 0.1) is 0 Å². The van der Waals surface area contributed by atoms with Crippen molar-refractivity contribution in [2.45, 2.75) is 18.9 Å². The fraction of sp³-hybridized carbons (Fsp3) is 0.333. The quantitative estimate of drug-likeness (QED) is 0.561. The molecular formula is C21H23BrN2O4S. The summed E-state index contributed by atoms with van der Waals surface area (Å²) >= 11 is 4.62. The lowest BCUT2D eigenvalue weighted by Gasteiger charge is -2.12. The molecule has 0 radical (unpaired) electrons. The number of carbonyl (C=O) groups excluding carboxylic acids is 2. The van der Waals surface area contributed by atoms with Crippen molar-refractivity contribution in [3.8, 4) is 5.75 Å². The summed E-state index contributed by atoms with van der Waals surface area (Å²) in [5.41, 5.74) is 1.41. The normalized spacial score (nSPS) is 15.7. The summed E-state index contributed by atoms with van der Waals surface area (Å²) in [6.07, 6.45) is 2.29. The molecule has 2 aromatic carbocycles. The van der Waals surface area contributed by atoms with E-state index < -0.39 is 0 Å². The Hall–Kier alpha value is -2.03. The van der Waals surface area contributed by atoms with Gasteiger partial charge in [0.25, 0.3) is 0 Å². The first-order chi connectivity index (χ1) is 14.1. The molecule has 0 spiro atoms. The molecule has 29 heavy (non-hydrogen) atoms. The van der Waals surface area contributed by atoms with E-state index in [0.717, 1.165) is 35.4 Å². The molecule has 2 amide bonds. The Morgan fingerprint density at radius 1 is 1.07 bits per heavy atom. The van der Waals surface area contributed by atoms with Crippen LogP contribution in [0.3, 0.4) is 0 Å². The Kier molecular flexibility index (Phi) is 8.39. The Morgan fingerprint density at radius 3 is 2.45 bits per heavy atom. The number of rotatable bonds is 9. The van der Waals surface area contributed by atoms with Crippen LogP contribution in [0.25, 0.3) is 0 Å². The van der Waals surface area contributed by atoms with Gasteiger partial charge in [0.05, 0.1) is 17.6 Å². The zero-order chi connectivity index (χ0) is 20.5. The molecular weight excluding hydrogens is 456 g/mol. The van der Waals surface area contributed by atoms with E-state index >= 15 is 0 Å². The summed E-state index contributed by atoms with van der Waals surface area (Å²) in [4.78, 5) is 24.0. The van der Waals surface area contributed by atoms with Gasteiger partial charge < -0.3 is 20.1 Å². The number of carbonyl (C=O) groups is 2. The summed E-state index contributed by atoms with van der Waals surface area (Å²) in [6, 6.07) is 14.6. The Morgan fingerprint density at radius 2 is 1.79 bits per heavy atom. The topological polar surface area (TPSA) is 76.7 Å². The Bertz CT molecular complexity index is 826. The fourth-order valence-electron chi connectivity index (χ4n) is 2.80. The molecule has 1 fully saturated rings. The molecule has 0 saturated carbocycles. The third kappa shape index (κ3) is 7.72. The van der Waals surface area contributed by atoms with Crippen molar-refractivity contribution < 1.29 is 19.1 Å². The standard InChI is InChI=1S/C21H23BrN2O4S/c22-15-3-1-4-17(11-15)24-21(26)14-29-13-20(25)23-16-6-8-18(9-7-16)28-12-19-5-2-10-27-19/h1,3-4,6-9,11,19H,2,5,10,12-14H2,(H,23,25)(H,24,26). The average Bonchev–Trinajstić information content (AvgIpc) is 3.21. The average molecular weight is 479 g/mol. The second-order valence-corrected chi connectivity index (χ2v) is 8.47. The first kappa shape index (κ1) is 21.7. The van der Waals surface area contributed by atoms with E-state index in [1.54, 1.807) is 12.1 Å². The van der Waals surface area contributed by atoms with Crippen molar-refractivity contribution in [2.24, 2.45) is 0 Å². The minimum Gasteiger partial charge on any atom is -0.491 e. The molecule has 2 aromatic rings. The molecule has 1 unspecified atom stereocenters. The summed E-state index contributed by atoms with van der Waals surface area (Å²) < 4.78 is 12.1. The van der Waals surface area contributed by atoms with Gasteiger partial charge in [0.1, 0.15) is 12.4 Å². The molecule has 0 aliphatic carbocycles. The molecule has 6 nitrogen and oxygen atoms in total. The smallest absolute Gasteiger partial charge is 0.234 e. The van der Waals surface area contributed by atoms with Gasteiger partial charge in [-0.1, -0.05) is 22.0 Å². The lowest BCUT2D eigenvalue weighted by atomic mass is 10.2. The highest BCUT2D eigenvalue weighted by molar-refractivity contribution is 9.10. The van der Waals surface area contributed by atoms with Crippen molar-refractivity contribution in [2.75, 3.05) is 35.4 Å². The molecule has 3 rings (SSSR count). The van der Waals surface area contributed by atoms with Crippen LogP contribution < -0.4 is 15.4 Å². The first-order valence-corrected chi connectivity index (χ1v) is 11.3. The van der Waals surface area contributed by atoms with Crippen molar-refractivity contribution in [1.29, 1.82) is 0 Å². The maximum atomic E-state index is 12.1. The maximum Gasteiger partial charge on any atom is 0.234 e. The lowest BCUT2D eigenvalue weighted by Crippen LogP contribution is -2.18. The first-order valence-electron chi connectivity index (χ1n) is 9.36. The third-order valence-electron chi connectivity index (χ3n) is 4.17. The summed E-state index contributed by atoms with van der Waals surface area (Å²) in [5.74, 6) is 0.850. The highest BCUT2D eigenvalue weighted by atomic mass is 79.9. The second kappa shape index (κ2) is 11.2. The Labute approximate surface area is 182 Å². The largest absolute Gasteiger partial charge is 0.491 e. The van der Waals surface area contributed by atoms with Crippen LogP contribution in [-0.4, -0.2) is 42.6 Å². The summed E-state index contributed by atoms with van der Waals surface area (Å²) in [7, 11) is 0. The van der Waals surface area contributed by atoms with Crippen molar-refractivity contribution in [3.63, 3.8) is 0 Å². The predicted octanol–water partition coefficient (Wildman–Crippen LogP) is 4.32. The summed E-state index contributed by atoms with van der Waals surface area (Å²) in [6.45, 7) is 1.35. The number of amides is 2. The minimum absolute atomic E-state index is 0.145. The van der Waals surface area contributed by atoms with E-state index in [0.29, 0.717) is 12.3 Å². The monoisotopic (exact) mass is 478 g/mol. The number of nitrogens with one attached hydrogen (secondary N) is 2.